The van der Waals surface area contributed by atoms with Gasteiger partial charge in [-0.15, -0.1) is 0 Å². The maximum atomic E-state index is 10.6. The second-order valence-electron chi connectivity index (χ2n) is 5.12. The van der Waals surface area contributed by atoms with Crippen LogP contribution in [0, 0.1) is 22.0 Å². The zero-order chi connectivity index (χ0) is 12.4. The van der Waals surface area contributed by atoms with Gasteiger partial charge in [0.2, 0.25) is 0 Å². The lowest BCUT2D eigenvalue weighted by Gasteiger charge is -2.36. The van der Waals surface area contributed by atoms with Crippen molar-refractivity contribution < 1.29 is 4.92 Å². The Morgan fingerprint density at radius 2 is 1.71 bits per heavy atom. The molecule has 0 unspecified atom stereocenters. The van der Waals surface area contributed by atoms with E-state index in [0.29, 0.717) is 11.8 Å². The van der Waals surface area contributed by atoms with Gasteiger partial charge < -0.3 is 4.90 Å². The van der Waals surface area contributed by atoms with Gasteiger partial charge in [0.25, 0.3) is 5.69 Å². The predicted octanol–water partition coefficient (Wildman–Crippen LogP) is 3.08. The zero-order valence-electron chi connectivity index (χ0n) is 10.3. The molecule has 0 saturated carbocycles. The highest BCUT2D eigenvalue weighted by atomic mass is 16.6. The van der Waals surface area contributed by atoms with Crippen LogP contribution >= 0.6 is 0 Å². The van der Waals surface area contributed by atoms with E-state index < -0.39 is 0 Å². The average molecular weight is 234 g/mol. The summed E-state index contributed by atoms with van der Waals surface area (Å²) in [6.07, 6.45) is 1.27. The Hall–Kier alpha value is -1.58. The second kappa shape index (κ2) is 4.73. The second-order valence-corrected chi connectivity index (χ2v) is 5.12. The third kappa shape index (κ3) is 2.75. The fraction of sp³-hybridized carbons (Fsp3) is 0.538. The van der Waals surface area contributed by atoms with Crippen LogP contribution in [-0.4, -0.2) is 18.0 Å². The van der Waals surface area contributed by atoms with Crippen LogP contribution in [-0.2, 0) is 0 Å². The molecule has 1 aromatic rings. The quantitative estimate of drug-likeness (QED) is 0.583. The van der Waals surface area contributed by atoms with Crippen LogP contribution < -0.4 is 4.90 Å². The molecule has 92 valence electrons. The fourth-order valence-corrected chi connectivity index (χ4v) is 2.66. The Bertz CT molecular complexity index is 392. The van der Waals surface area contributed by atoms with Crippen molar-refractivity contribution in [2.45, 2.75) is 20.3 Å². The number of non-ortho nitro benzene ring substituents is 1. The first kappa shape index (κ1) is 11.9. The molecule has 1 aliphatic rings. The molecule has 0 amide bonds. The molecule has 1 saturated heterocycles. The minimum Gasteiger partial charge on any atom is -0.371 e. The first-order chi connectivity index (χ1) is 8.06. The maximum Gasteiger partial charge on any atom is 0.269 e. The van der Waals surface area contributed by atoms with Crippen LogP contribution in [0.15, 0.2) is 24.3 Å². The minimum atomic E-state index is -0.356. The van der Waals surface area contributed by atoms with Crippen molar-refractivity contribution in [1.82, 2.24) is 0 Å². The lowest BCUT2D eigenvalue weighted by Crippen LogP contribution is -2.38. The molecule has 4 nitrogen and oxygen atoms in total. The largest absolute Gasteiger partial charge is 0.371 e. The Kier molecular flexibility index (Phi) is 3.31. The molecule has 2 atom stereocenters. The molecule has 2 rings (SSSR count). The summed E-state index contributed by atoms with van der Waals surface area (Å²) < 4.78 is 0. The molecule has 1 aliphatic heterocycles. The topological polar surface area (TPSA) is 46.4 Å². The number of hydrogen-bond acceptors (Lipinski definition) is 3. The van der Waals surface area contributed by atoms with Gasteiger partial charge in [0.15, 0.2) is 0 Å². The highest BCUT2D eigenvalue weighted by molar-refractivity contribution is 5.51. The predicted molar refractivity (Wildman–Crippen MR) is 68.3 cm³/mol. The van der Waals surface area contributed by atoms with Crippen LogP contribution in [0.3, 0.4) is 0 Å². The van der Waals surface area contributed by atoms with E-state index in [4.69, 9.17) is 0 Å². The van der Waals surface area contributed by atoms with Crippen molar-refractivity contribution in [1.29, 1.82) is 0 Å². The standard InChI is InChI=1S/C13H18N2O2/c1-10-7-11(2)9-14(8-10)12-3-5-13(6-4-12)15(16)17/h3-6,10-11H,7-9H2,1-2H3/t10-,11-/m1/s1. The fourth-order valence-electron chi connectivity index (χ4n) is 2.66. The third-order valence-corrected chi connectivity index (χ3v) is 3.29. The van der Waals surface area contributed by atoms with Crippen LogP contribution in [0.2, 0.25) is 0 Å². The average Bonchev–Trinajstić information content (AvgIpc) is 2.28. The van der Waals surface area contributed by atoms with Gasteiger partial charge in [-0.2, -0.15) is 0 Å². The number of anilines is 1. The van der Waals surface area contributed by atoms with E-state index in [0.717, 1.165) is 18.8 Å². The number of nitro groups is 1. The summed E-state index contributed by atoms with van der Waals surface area (Å²) in [4.78, 5) is 12.6. The van der Waals surface area contributed by atoms with Gasteiger partial charge in [-0.05, 0) is 30.4 Å². The van der Waals surface area contributed by atoms with E-state index in [1.165, 1.54) is 6.42 Å². The molecule has 0 aromatic heterocycles. The Balaban J connectivity index is 2.14. The molecular formula is C13H18N2O2. The van der Waals surface area contributed by atoms with E-state index in [1.807, 2.05) is 12.1 Å². The molecule has 0 bridgehead atoms. The van der Waals surface area contributed by atoms with Gasteiger partial charge in [-0.25, -0.2) is 0 Å². The van der Waals surface area contributed by atoms with E-state index in [1.54, 1.807) is 12.1 Å². The Labute approximate surface area is 101 Å². The van der Waals surface area contributed by atoms with Crippen LogP contribution in [0.5, 0.6) is 0 Å². The van der Waals surface area contributed by atoms with Gasteiger partial charge in [-0.1, -0.05) is 13.8 Å². The lowest BCUT2D eigenvalue weighted by molar-refractivity contribution is -0.384. The van der Waals surface area contributed by atoms with Crippen LogP contribution in [0.25, 0.3) is 0 Å². The lowest BCUT2D eigenvalue weighted by atomic mass is 9.91. The van der Waals surface area contributed by atoms with Crippen molar-refractivity contribution in [3.63, 3.8) is 0 Å². The van der Waals surface area contributed by atoms with E-state index in [2.05, 4.69) is 18.7 Å². The SMILES string of the molecule is C[C@@H]1C[C@@H](C)CN(c2ccc([N+](=O)[O-])cc2)C1. The van der Waals surface area contributed by atoms with Crippen molar-refractivity contribution >= 4 is 11.4 Å². The third-order valence-electron chi connectivity index (χ3n) is 3.29. The molecule has 1 aromatic carbocycles. The molecule has 0 N–H and O–H groups in total. The van der Waals surface area contributed by atoms with E-state index >= 15 is 0 Å². The summed E-state index contributed by atoms with van der Waals surface area (Å²) in [5, 5.41) is 10.6. The first-order valence-corrected chi connectivity index (χ1v) is 6.05. The smallest absolute Gasteiger partial charge is 0.269 e. The highest BCUT2D eigenvalue weighted by Gasteiger charge is 2.22. The van der Waals surface area contributed by atoms with Crippen molar-refractivity contribution in [3.8, 4) is 0 Å². The molecule has 1 fully saturated rings. The van der Waals surface area contributed by atoms with E-state index in [-0.39, 0.29) is 10.6 Å². The summed E-state index contributed by atoms with van der Waals surface area (Å²) in [5.74, 6) is 1.38. The monoisotopic (exact) mass is 234 g/mol. The van der Waals surface area contributed by atoms with Crippen molar-refractivity contribution in [3.05, 3.63) is 34.4 Å². The summed E-state index contributed by atoms with van der Waals surface area (Å²) in [6, 6.07) is 6.87. The van der Waals surface area contributed by atoms with Crippen molar-refractivity contribution in [2.75, 3.05) is 18.0 Å². The van der Waals surface area contributed by atoms with E-state index in [9.17, 15) is 10.1 Å². The van der Waals surface area contributed by atoms with Gasteiger partial charge in [0.1, 0.15) is 0 Å². The summed E-state index contributed by atoms with van der Waals surface area (Å²) in [5.41, 5.74) is 1.25. The Morgan fingerprint density at radius 3 is 2.18 bits per heavy atom. The number of nitrogens with zero attached hydrogens (tertiary/aromatic N) is 2. The zero-order valence-corrected chi connectivity index (χ0v) is 10.3. The number of rotatable bonds is 2. The molecule has 0 aliphatic carbocycles. The molecule has 0 radical (unpaired) electrons. The Morgan fingerprint density at radius 1 is 1.18 bits per heavy atom. The minimum absolute atomic E-state index is 0.159. The van der Waals surface area contributed by atoms with Gasteiger partial charge in [0.05, 0.1) is 4.92 Å². The molecule has 4 heteroatoms. The van der Waals surface area contributed by atoms with Gasteiger partial charge >= 0.3 is 0 Å². The number of benzene rings is 1. The molecular weight excluding hydrogens is 216 g/mol. The summed E-state index contributed by atoms with van der Waals surface area (Å²) in [6.45, 7) is 6.60. The number of nitro benzene ring substituents is 1. The maximum absolute atomic E-state index is 10.6. The normalized spacial score (nSPS) is 24.7. The molecule has 0 spiro atoms. The summed E-state index contributed by atoms with van der Waals surface area (Å²) in [7, 11) is 0. The summed E-state index contributed by atoms with van der Waals surface area (Å²) >= 11 is 0. The van der Waals surface area contributed by atoms with Gasteiger partial charge in [0, 0.05) is 30.9 Å². The molecule has 17 heavy (non-hydrogen) atoms. The number of piperidine rings is 1. The molecule has 1 heterocycles. The number of hydrogen-bond donors (Lipinski definition) is 0. The van der Waals surface area contributed by atoms with Gasteiger partial charge in [-0.3, -0.25) is 10.1 Å². The van der Waals surface area contributed by atoms with Crippen LogP contribution in [0.1, 0.15) is 20.3 Å². The van der Waals surface area contributed by atoms with Crippen molar-refractivity contribution in [2.24, 2.45) is 11.8 Å². The first-order valence-electron chi connectivity index (χ1n) is 6.05. The highest BCUT2D eigenvalue weighted by Crippen LogP contribution is 2.27. The van der Waals surface area contributed by atoms with Crippen LogP contribution in [0.4, 0.5) is 11.4 Å².